The van der Waals surface area contributed by atoms with Crippen LogP contribution in [0.2, 0.25) is 0 Å². The molecule has 2 rings (SSSR count). The zero-order chi connectivity index (χ0) is 18.1. The van der Waals surface area contributed by atoms with Gasteiger partial charge in [0.1, 0.15) is 5.75 Å². The second-order valence-corrected chi connectivity index (χ2v) is 6.05. The minimum atomic E-state index is -0.293. The quantitative estimate of drug-likeness (QED) is 0.605. The van der Waals surface area contributed by atoms with Crippen LogP contribution >= 0.6 is 0 Å². The van der Waals surface area contributed by atoms with Crippen molar-refractivity contribution in [3.8, 4) is 5.75 Å². The molecule has 25 heavy (non-hydrogen) atoms. The molecule has 1 amide bonds. The van der Waals surface area contributed by atoms with E-state index in [1.54, 1.807) is 6.08 Å². The lowest BCUT2D eigenvalue weighted by atomic mass is 10.0. The molecule has 0 saturated heterocycles. The fourth-order valence-electron chi connectivity index (χ4n) is 2.18. The molecule has 0 bridgehead atoms. The molecule has 2 aromatic rings. The van der Waals surface area contributed by atoms with E-state index >= 15 is 0 Å². The smallest absolute Gasteiger partial charge is 0.277 e. The third-order valence-corrected chi connectivity index (χ3v) is 3.68. The van der Waals surface area contributed by atoms with Crippen molar-refractivity contribution in [3.63, 3.8) is 0 Å². The van der Waals surface area contributed by atoms with E-state index in [1.165, 1.54) is 11.8 Å². The van der Waals surface area contributed by atoms with Gasteiger partial charge >= 0.3 is 0 Å². The Morgan fingerprint density at radius 1 is 1.20 bits per heavy atom. The van der Waals surface area contributed by atoms with Gasteiger partial charge in [-0.05, 0) is 41.7 Å². The van der Waals surface area contributed by atoms with E-state index in [0.29, 0.717) is 5.92 Å². The molecule has 2 aromatic carbocycles. The molecule has 4 heteroatoms. The lowest BCUT2D eigenvalue weighted by Crippen LogP contribution is -2.24. The fourth-order valence-corrected chi connectivity index (χ4v) is 2.18. The van der Waals surface area contributed by atoms with Gasteiger partial charge in [-0.2, -0.15) is 5.10 Å². The Balaban J connectivity index is 1.80. The monoisotopic (exact) mass is 336 g/mol. The van der Waals surface area contributed by atoms with Crippen LogP contribution in [0.25, 0.3) is 6.08 Å². The highest BCUT2D eigenvalue weighted by atomic mass is 16.5. The average molecular weight is 336 g/mol. The zero-order valence-corrected chi connectivity index (χ0v) is 14.9. The largest absolute Gasteiger partial charge is 0.483 e. The van der Waals surface area contributed by atoms with Crippen LogP contribution in [-0.4, -0.2) is 18.7 Å². The molecule has 0 aliphatic rings. The SMILES string of the molecule is Cc1ccc(C(C)C)cc1OCC(=O)NN=CC=Cc1ccccc1. The van der Waals surface area contributed by atoms with Crippen LogP contribution in [0.3, 0.4) is 0 Å². The lowest BCUT2D eigenvalue weighted by molar-refractivity contribution is -0.123. The van der Waals surface area contributed by atoms with Crippen LogP contribution in [0.5, 0.6) is 5.75 Å². The molecular formula is C21H24N2O2. The van der Waals surface area contributed by atoms with E-state index < -0.39 is 0 Å². The number of carbonyl (C=O) groups excluding carboxylic acids is 1. The molecule has 0 aromatic heterocycles. The summed E-state index contributed by atoms with van der Waals surface area (Å²) >= 11 is 0. The highest BCUT2D eigenvalue weighted by molar-refractivity contribution is 5.82. The first kappa shape index (κ1) is 18.5. The van der Waals surface area contributed by atoms with E-state index in [2.05, 4.69) is 30.4 Å². The van der Waals surface area contributed by atoms with Crippen LogP contribution in [-0.2, 0) is 4.79 Å². The molecule has 0 fully saturated rings. The van der Waals surface area contributed by atoms with E-state index in [9.17, 15) is 4.79 Å². The first-order valence-corrected chi connectivity index (χ1v) is 8.33. The number of carbonyl (C=O) groups is 1. The number of rotatable bonds is 7. The average Bonchev–Trinajstić information content (AvgIpc) is 2.61. The van der Waals surface area contributed by atoms with Crippen LogP contribution in [0, 0.1) is 6.92 Å². The summed E-state index contributed by atoms with van der Waals surface area (Å²) < 4.78 is 5.61. The van der Waals surface area contributed by atoms with Crippen molar-refractivity contribution >= 4 is 18.2 Å². The van der Waals surface area contributed by atoms with Crippen LogP contribution in [0.4, 0.5) is 0 Å². The summed E-state index contributed by atoms with van der Waals surface area (Å²) in [4.78, 5) is 11.8. The van der Waals surface area contributed by atoms with Crippen LogP contribution in [0.1, 0.15) is 36.5 Å². The van der Waals surface area contributed by atoms with Gasteiger partial charge in [-0.3, -0.25) is 4.79 Å². The highest BCUT2D eigenvalue weighted by Gasteiger charge is 2.07. The maximum Gasteiger partial charge on any atom is 0.277 e. The van der Waals surface area contributed by atoms with Gasteiger partial charge in [-0.1, -0.05) is 62.4 Å². The fraction of sp³-hybridized carbons (Fsp3) is 0.238. The summed E-state index contributed by atoms with van der Waals surface area (Å²) in [6, 6.07) is 15.9. The number of hydrogen-bond donors (Lipinski definition) is 1. The third-order valence-electron chi connectivity index (χ3n) is 3.68. The standard InChI is InChI=1S/C21H24N2O2/c1-16(2)19-12-11-17(3)20(14-19)25-15-21(24)23-22-13-7-10-18-8-5-4-6-9-18/h4-14,16H,15H2,1-3H3,(H,23,24). The van der Waals surface area contributed by atoms with Crippen molar-refractivity contribution in [2.24, 2.45) is 5.10 Å². The number of hydrazone groups is 1. The van der Waals surface area contributed by atoms with Crippen LogP contribution in [0.15, 0.2) is 59.7 Å². The van der Waals surface area contributed by atoms with Crippen molar-refractivity contribution in [1.29, 1.82) is 0 Å². The number of benzene rings is 2. The Labute approximate surface area is 149 Å². The van der Waals surface area contributed by atoms with Crippen molar-refractivity contribution in [1.82, 2.24) is 5.43 Å². The molecule has 0 unspecified atom stereocenters. The predicted molar refractivity (Wildman–Crippen MR) is 103 cm³/mol. The molecule has 0 atom stereocenters. The second-order valence-electron chi connectivity index (χ2n) is 6.05. The molecule has 0 radical (unpaired) electrons. The molecule has 130 valence electrons. The minimum absolute atomic E-state index is 0.0673. The first-order chi connectivity index (χ1) is 12.1. The Morgan fingerprint density at radius 2 is 1.96 bits per heavy atom. The van der Waals surface area contributed by atoms with Gasteiger partial charge in [0.05, 0.1) is 0 Å². The normalized spacial score (nSPS) is 11.4. The number of nitrogens with zero attached hydrogens (tertiary/aromatic N) is 1. The van der Waals surface area contributed by atoms with E-state index in [1.807, 2.05) is 55.5 Å². The second kappa shape index (κ2) is 9.42. The lowest BCUT2D eigenvalue weighted by Gasteiger charge is -2.12. The third kappa shape index (κ3) is 6.26. The number of nitrogens with one attached hydrogen (secondary N) is 1. The first-order valence-electron chi connectivity index (χ1n) is 8.33. The molecule has 0 aliphatic carbocycles. The summed E-state index contributed by atoms with van der Waals surface area (Å²) in [5, 5.41) is 3.88. The highest BCUT2D eigenvalue weighted by Crippen LogP contribution is 2.24. The number of allylic oxidation sites excluding steroid dienone is 1. The summed E-state index contributed by atoms with van der Waals surface area (Å²) in [6.45, 7) is 6.14. The van der Waals surface area contributed by atoms with Crippen molar-refractivity contribution in [3.05, 3.63) is 71.3 Å². The molecular weight excluding hydrogens is 312 g/mol. The summed E-state index contributed by atoms with van der Waals surface area (Å²) in [5.74, 6) is 0.853. The van der Waals surface area contributed by atoms with E-state index in [4.69, 9.17) is 4.74 Å². The molecule has 4 nitrogen and oxygen atoms in total. The van der Waals surface area contributed by atoms with E-state index in [0.717, 1.165) is 16.9 Å². The Kier molecular flexibility index (Phi) is 6.96. The van der Waals surface area contributed by atoms with Gasteiger partial charge in [0.25, 0.3) is 5.91 Å². The minimum Gasteiger partial charge on any atom is -0.483 e. The van der Waals surface area contributed by atoms with Gasteiger partial charge in [0.15, 0.2) is 6.61 Å². The van der Waals surface area contributed by atoms with Crippen molar-refractivity contribution in [2.45, 2.75) is 26.7 Å². The van der Waals surface area contributed by atoms with Gasteiger partial charge in [-0.15, -0.1) is 0 Å². The van der Waals surface area contributed by atoms with Gasteiger partial charge in [0.2, 0.25) is 0 Å². The number of aryl methyl sites for hydroxylation is 1. The van der Waals surface area contributed by atoms with Gasteiger partial charge in [-0.25, -0.2) is 5.43 Å². The van der Waals surface area contributed by atoms with Gasteiger partial charge < -0.3 is 4.74 Å². The Morgan fingerprint density at radius 3 is 2.68 bits per heavy atom. The molecule has 0 aliphatic heterocycles. The number of hydrogen-bond acceptors (Lipinski definition) is 3. The Bertz CT molecular complexity index is 750. The van der Waals surface area contributed by atoms with Gasteiger partial charge in [0, 0.05) is 6.21 Å². The number of ether oxygens (including phenoxy) is 1. The maximum atomic E-state index is 11.8. The predicted octanol–water partition coefficient (Wildman–Crippen LogP) is 4.31. The maximum absolute atomic E-state index is 11.8. The number of amides is 1. The topological polar surface area (TPSA) is 50.7 Å². The van der Waals surface area contributed by atoms with Crippen molar-refractivity contribution in [2.75, 3.05) is 6.61 Å². The summed E-state index contributed by atoms with van der Waals surface area (Å²) in [6.07, 6.45) is 5.22. The zero-order valence-electron chi connectivity index (χ0n) is 14.9. The summed E-state index contributed by atoms with van der Waals surface area (Å²) in [7, 11) is 0. The molecule has 0 saturated carbocycles. The molecule has 0 heterocycles. The van der Waals surface area contributed by atoms with Crippen molar-refractivity contribution < 1.29 is 9.53 Å². The van der Waals surface area contributed by atoms with Crippen LogP contribution < -0.4 is 10.2 Å². The van der Waals surface area contributed by atoms with E-state index in [-0.39, 0.29) is 12.5 Å². The molecule has 0 spiro atoms. The molecule has 1 N–H and O–H groups in total. The summed E-state index contributed by atoms with van der Waals surface area (Å²) in [5.41, 5.74) is 5.71. The Hall–Kier alpha value is -2.88.